The van der Waals surface area contributed by atoms with Crippen LogP contribution in [0.2, 0.25) is 0 Å². The second kappa shape index (κ2) is 14.9. The van der Waals surface area contributed by atoms with Gasteiger partial charge in [-0.25, -0.2) is 4.98 Å². The smallest absolute Gasteiger partial charge is 0.238 e. The van der Waals surface area contributed by atoms with Crippen molar-refractivity contribution in [1.82, 2.24) is 24.1 Å². The summed E-state index contributed by atoms with van der Waals surface area (Å²) in [5, 5.41) is 6.97. The quantitative estimate of drug-likeness (QED) is 0.167. The third-order valence-electron chi connectivity index (χ3n) is 16.5. The minimum Gasteiger partial charge on any atom is -0.309 e. The predicted molar refractivity (Wildman–Crippen MR) is 288 cm³/mol. The predicted octanol–water partition coefficient (Wildman–Crippen LogP) is 16.5. The van der Waals surface area contributed by atoms with Crippen molar-refractivity contribution >= 4 is 54.4 Å². The van der Waals surface area contributed by atoms with E-state index in [1.165, 1.54) is 44.2 Å². The van der Waals surface area contributed by atoms with Crippen molar-refractivity contribution < 1.29 is 0 Å². The minimum atomic E-state index is -0.00367. The standard InChI is InChI=1S/C64H51N5/c1-62(2)50-36-34-43(39-51(50)63(3,4)64(62,5)6)44-26-15-16-28-46(44)47-29-17-19-31-52(47)68-53-32-20-18-30-48(53)56-54(68)37-38-55-57(56)49-35-33-40-21-13-14-27-45(40)58(49)69(55)61-66-59(41-22-9-7-10-23-41)65-60(67-61)42-24-11-8-12-25-42/h7-39H,1-6H3. The van der Waals surface area contributed by atoms with E-state index in [1.54, 1.807) is 0 Å². The highest BCUT2D eigenvalue weighted by Gasteiger charge is 2.56. The van der Waals surface area contributed by atoms with E-state index in [-0.39, 0.29) is 16.2 Å². The van der Waals surface area contributed by atoms with Crippen LogP contribution in [0.3, 0.4) is 0 Å². The average molecular weight is 890 g/mol. The highest BCUT2D eigenvalue weighted by atomic mass is 15.2. The van der Waals surface area contributed by atoms with Gasteiger partial charge in [0.15, 0.2) is 11.6 Å². The Bertz CT molecular complexity index is 3980. The van der Waals surface area contributed by atoms with Crippen LogP contribution in [0.15, 0.2) is 200 Å². The van der Waals surface area contributed by atoms with Gasteiger partial charge in [0.1, 0.15) is 0 Å². The zero-order chi connectivity index (χ0) is 46.8. The number of aromatic nitrogens is 5. The maximum absolute atomic E-state index is 5.33. The van der Waals surface area contributed by atoms with E-state index in [0.29, 0.717) is 17.6 Å². The fourth-order valence-corrected chi connectivity index (χ4v) is 11.8. The first-order valence-electron chi connectivity index (χ1n) is 24.1. The molecule has 69 heavy (non-hydrogen) atoms. The molecule has 13 rings (SSSR count). The summed E-state index contributed by atoms with van der Waals surface area (Å²) >= 11 is 0. The molecule has 0 unspecified atom stereocenters. The van der Waals surface area contributed by atoms with Crippen LogP contribution in [-0.2, 0) is 10.8 Å². The second-order valence-corrected chi connectivity index (χ2v) is 20.4. The van der Waals surface area contributed by atoms with Gasteiger partial charge in [0, 0.05) is 43.6 Å². The van der Waals surface area contributed by atoms with Gasteiger partial charge in [-0.05, 0) is 73.7 Å². The van der Waals surface area contributed by atoms with Crippen molar-refractivity contribution in [2.45, 2.75) is 52.4 Å². The maximum atomic E-state index is 5.33. The Kier molecular flexibility index (Phi) is 8.88. The number of fused-ring (bicyclic) bond motifs is 10. The Labute approximate surface area is 402 Å². The van der Waals surface area contributed by atoms with E-state index in [9.17, 15) is 0 Å². The van der Waals surface area contributed by atoms with Crippen molar-refractivity contribution in [2.24, 2.45) is 5.41 Å². The molecule has 332 valence electrons. The number of benzene rings is 9. The molecule has 1 aliphatic rings. The lowest BCUT2D eigenvalue weighted by Gasteiger charge is -2.44. The molecule has 0 saturated heterocycles. The number of hydrogen-bond donors (Lipinski definition) is 0. The lowest BCUT2D eigenvalue weighted by Crippen LogP contribution is -2.42. The first-order chi connectivity index (χ1) is 33.5. The van der Waals surface area contributed by atoms with Crippen LogP contribution in [0, 0.1) is 5.41 Å². The number of para-hydroxylation sites is 2. The molecule has 3 heterocycles. The Balaban J connectivity index is 1.08. The lowest BCUT2D eigenvalue weighted by atomic mass is 9.59. The van der Waals surface area contributed by atoms with Crippen LogP contribution in [0.25, 0.3) is 111 Å². The number of rotatable bonds is 6. The van der Waals surface area contributed by atoms with Crippen molar-refractivity contribution in [3.05, 3.63) is 211 Å². The summed E-state index contributed by atoms with van der Waals surface area (Å²) in [5.41, 5.74) is 15.2. The third kappa shape index (κ3) is 5.86. The fraction of sp³-hybridized carbons (Fsp3) is 0.141. The largest absolute Gasteiger partial charge is 0.309 e. The van der Waals surface area contributed by atoms with Crippen molar-refractivity contribution in [1.29, 1.82) is 0 Å². The minimum absolute atomic E-state index is 0.00367. The van der Waals surface area contributed by atoms with Gasteiger partial charge < -0.3 is 4.57 Å². The van der Waals surface area contributed by atoms with Crippen molar-refractivity contribution in [3.8, 4) is 56.7 Å². The highest BCUT2D eigenvalue weighted by Crippen LogP contribution is 2.62. The summed E-state index contributed by atoms with van der Waals surface area (Å²) < 4.78 is 4.77. The summed E-state index contributed by atoms with van der Waals surface area (Å²) in [7, 11) is 0. The molecule has 0 radical (unpaired) electrons. The summed E-state index contributed by atoms with van der Waals surface area (Å²) in [5.74, 6) is 1.83. The van der Waals surface area contributed by atoms with Crippen LogP contribution in [-0.4, -0.2) is 24.1 Å². The molecule has 0 aliphatic heterocycles. The monoisotopic (exact) mass is 889 g/mol. The van der Waals surface area contributed by atoms with E-state index in [4.69, 9.17) is 15.0 Å². The SMILES string of the molecule is CC1(C)c2ccc(-c3ccccc3-c3ccccc3-n3c4ccccc4c4c5c6ccc7ccccc7c6n(-c6nc(-c7ccccc7)nc(-c7ccccc7)n6)c5ccc43)cc2C(C)(C)C1(C)C. The fourth-order valence-electron chi connectivity index (χ4n) is 11.8. The van der Waals surface area contributed by atoms with Gasteiger partial charge in [-0.3, -0.25) is 4.57 Å². The summed E-state index contributed by atoms with van der Waals surface area (Å²) in [6, 6.07) is 72.3. The number of hydrogen-bond acceptors (Lipinski definition) is 3. The van der Waals surface area contributed by atoms with Gasteiger partial charge in [0.05, 0.1) is 27.8 Å². The molecule has 5 nitrogen and oxygen atoms in total. The number of nitrogens with zero attached hydrogens (tertiary/aromatic N) is 5. The normalized spacial score (nSPS) is 14.9. The molecule has 0 amide bonds. The molecular formula is C64H51N5. The highest BCUT2D eigenvalue weighted by molar-refractivity contribution is 6.31. The topological polar surface area (TPSA) is 48.5 Å². The van der Waals surface area contributed by atoms with E-state index < -0.39 is 0 Å². The molecule has 0 atom stereocenters. The van der Waals surface area contributed by atoms with Crippen LogP contribution in [0.4, 0.5) is 0 Å². The van der Waals surface area contributed by atoms with E-state index in [2.05, 4.69) is 214 Å². The Hall–Kier alpha value is -8.15. The van der Waals surface area contributed by atoms with Gasteiger partial charge >= 0.3 is 0 Å². The molecule has 0 saturated carbocycles. The molecule has 0 bridgehead atoms. The zero-order valence-electron chi connectivity index (χ0n) is 39.8. The Morgan fingerprint density at radius 1 is 0.362 bits per heavy atom. The molecule has 0 N–H and O–H groups in total. The van der Waals surface area contributed by atoms with Gasteiger partial charge in [-0.2, -0.15) is 9.97 Å². The summed E-state index contributed by atoms with van der Waals surface area (Å²) in [6.45, 7) is 14.6. The van der Waals surface area contributed by atoms with Crippen molar-refractivity contribution in [3.63, 3.8) is 0 Å². The van der Waals surface area contributed by atoms with E-state index in [1.807, 2.05) is 36.4 Å². The van der Waals surface area contributed by atoms with E-state index in [0.717, 1.165) is 60.4 Å². The van der Waals surface area contributed by atoms with Gasteiger partial charge in [0.25, 0.3) is 0 Å². The van der Waals surface area contributed by atoms with Gasteiger partial charge in [-0.15, -0.1) is 0 Å². The molecule has 9 aromatic carbocycles. The summed E-state index contributed by atoms with van der Waals surface area (Å²) in [6.07, 6.45) is 0. The van der Waals surface area contributed by atoms with Gasteiger partial charge in [-0.1, -0.05) is 217 Å². The lowest BCUT2D eigenvalue weighted by molar-refractivity contribution is 0.125. The summed E-state index contributed by atoms with van der Waals surface area (Å²) in [4.78, 5) is 15.7. The molecule has 5 heteroatoms. The second-order valence-electron chi connectivity index (χ2n) is 20.4. The maximum Gasteiger partial charge on any atom is 0.238 e. The van der Waals surface area contributed by atoms with E-state index >= 15 is 0 Å². The zero-order valence-corrected chi connectivity index (χ0v) is 39.8. The third-order valence-corrected chi connectivity index (χ3v) is 16.5. The molecule has 1 aliphatic carbocycles. The first-order valence-corrected chi connectivity index (χ1v) is 24.1. The van der Waals surface area contributed by atoms with Crippen LogP contribution in [0.1, 0.15) is 52.7 Å². The molecular weight excluding hydrogens is 839 g/mol. The van der Waals surface area contributed by atoms with Crippen molar-refractivity contribution in [2.75, 3.05) is 0 Å². The average Bonchev–Trinajstić information content (AvgIpc) is 3.95. The van der Waals surface area contributed by atoms with Crippen LogP contribution < -0.4 is 0 Å². The first kappa shape index (κ1) is 41.1. The molecule has 0 spiro atoms. The molecule has 3 aromatic heterocycles. The Morgan fingerprint density at radius 2 is 0.913 bits per heavy atom. The van der Waals surface area contributed by atoms with Gasteiger partial charge in [0.2, 0.25) is 5.95 Å². The van der Waals surface area contributed by atoms with Crippen LogP contribution >= 0.6 is 0 Å². The van der Waals surface area contributed by atoms with Crippen LogP contribution in [0.5, 0.6) is 0 Å². The molecule has 12 aromatic rings. The Morgan fingerprint density at radius 3 is 1.62 bits per heavy atom. The molecule has 0 fully saturated rings.